The molecule has 1 aliphatic heterocycles. The normalized spacial score (nSPS) is 14.3. The fourth-order valence-electron chi connectivity index (χ4n) is 4.88. The number of rotatable bonds is 7. The molecule has 4 rings (SSSR count). The third-order valence-corrected chi connectivity index (χ3v) is 8.54. The van der Waals surface area contributed by atoms with Gasteiger partial charge in [0.05, 0.1) is 0 Å². The van der Waals surface area contributed by atoms with E-state index in [1.807, 2.05) is 59.6 Å². The number of hydrogen-bond donors (Lipinski definition) is 1. The fraction of sp³-hybridized carbons (Fsp3) is 0.455. The molecule has 9 heteroatoms. The van der Waals surface area contributed by atoms with E-state index in [0.717, 1.165) is 10.4 Å². The Morgan fingerprint density at radius 1 is 0.881 bits per heavy atom. The van der Waals surface area contributed by atoms with Gasteiger partial charge >= 0.3 is 0 Å². The summed E-state index contributed by atoms with van der Waals surface area (Å²) in [5, 5.41) is 3.52. The molecule has 8 nitrogen and oxygen atoms in total. The number of thiazole rings is 1. The molecule has 2 aromatic carbocycles. The largest absolute Gasteiger partial charge is 0.339 e. The van der Waals surface area contributed by atoms with Gasteiger partial charge in [-0.25, -0.2) is 4.98 Å². The first-order valence-corrected chi connectivity index (χ1v) is 15.3. The maximum atomic E-state index is 13.2. The predicted molar refractivity (Wildman–Crippen MR) is 169 cm³/mol. The summed E-state index contributed by atoms with van der Waals surface area (Å²) in [6.45, 7) is 18.1. The number of nitrogens with zero attached hydrogens (tertiary/aromatic N) is 4. The average Bonchev–Trinajstić information content (AvgIpc) is 3.38. The second-order valence-corrected chi connectivity index (χ2v) is 14.1. The molecule has 0 saturated carbocycles. The number of aromatic nitrogens is 1. The minimum Gasteiger partial charge on any atom is -0.339 e. The monoisotopic (exact) mass is 589 g/mol. The van der Waals surface area contributed by atoms with Crippen molar-refractivity contribution < 1.29 is 14.4 Å². The van der Waals surface area contributed by atoms with Crippen LogP contribution in [0.1, 0.15) is 85.2 Å². The van der Waals surface area contributed by atoms with Gasteiger partial charge in [0, 0.05) is 73.9 Å². The molecule has 0 atom stereocenters. The van der Waals surface area contributed by atoms with Crippen molar-refractivity contribution >= 4 is 34.2 Å². The van der Waals surface area contributed by atoms with Crippen LogP contribution in [0.4, 0.5) is 5.13 Å². The van der Waals surface area contributed by atoms with Crippen LogP contribution < -0.4 is 5.32 Å². The number of amides is 3. The van der Waals surface area contributed by atoms with Crippen LogP contribution in [0.25, 0.3) is 0 Å². The Bertz CT molecular complexity index is 1410. The topological polar surface area (TPSA) is 85.8 Å². The summed E-state index contributed by atoms with van der Waals surface area (Å²) in [7, 11) is 0. The molecular weight excluding hydrogens is 546 g/mol. The Balaban J connectivity index is 1.40. The summed E-state index contributed by atoms with van der Waals surface area (Å²) >= 11 is 1.47. The molecule has 0 spiro atoms. The number of anilines is 1. The minimum atomic E-state index is -0.173. The van der Waals surface area contributed by atoms with E-state index in [9.17, 15) is 14.4 Å². The van der Waals surface area contributed by atoms with Crippen molar-refractivity contribution in [3.8, 4) is 0 Å². The molecule has 0 unspecified atom stereocenters. The highest BCUT2D eigenvalue weighted by Crippen LogP contribution is 2.27. The Morgan fingerprint density at radius 3 is 2.12 bits per heavy atom. The first kappa shape index (κ1) is 31.4. The zero-order chi connectivity index (χ0) is 30.7. The van der Waals surface area contributed by atoms with Crippen LogP contribution in [-0.2, 0) is 23.3 Å². The zero-order valence-electron chi connectivity index (χ0n) is 25.9. The first-order chi connectivity index (χ1) is 19.7. The van der Waals surface area contributed by atoms with Gasteiger partial charge in [0.15, 0.2) is 5.13 Å². The molecule has 1 aliphatic rings. The molecule has 0 radical (unpaired) electrons. The molecule has 3 amide bonds. The summed E-state index contributed by atoms with van der Waals surface area (Å²) in [6.07, 6.45) is 1.82. The highest BCUT2D eigenvalue weighted by molar-refractivity contribution is 7.15. The summed E-state index contributed by atoms with van der Waals surface area (Å²) in [5.74, 6) is -0.126. The molecule has 224 valence electrons. The molecule has 0 aliphatic carbocycles. The number of hydrogen-bond acceptors (Lipinski definition) is 6. The van der Waals surface area contributed by atoms with E-state index in [1.54, 1.807) is 11.8 Å². The lowest BCUT2D eigenvalue weighted by Crippen LogP contribution is -2.50. The zero-order valence-corrected chi connectivity index (χ0v) is 26.7. The van der Waals surface area contributed by atoms with Crippen LogP contribution >= 0.6 is 11.3 Å². The van der Waals surface area contributed by atoms with Crippen molar-refractivity contribution in [3.63, 3.8) is 0 Å². The first-order valence-electron chi connectivity index (χ1n) is 14.5. The van der Waals surface area contributed by atoms with E-state index in [-0.39, 0.29) is 28.7 Å². The van der Waals surface area contributed by atoms with Crippen molar-refractivity contribution in [2.24, 2.45) is 0 Å². The Labute approximate surface area is 253 Å². The summed E-state index contributed by atoms with van der Waals surface area (Å²) in [5.41, 5.74) is 3.38. The molecule has 2 heterocycles. The average molecular weight is 590 g/mol. The van der Waals surface area contributed by atoms with Gasteiger partial charge in [-0.05, 0) is 61.6 Å². The molecule has 1 saturated heterocycles. The van der Waals surface area contributed by atoms with Gasteiger partial charge in [-0.1, -0.05) is 45.0 Å². The van der Waals surface area contributed by atoms with Crippen LogP contribution in [-0.4, -0.2) is 69.1 Å². The van der Waals surface area contributed by atoms with Crippen molar-refractivity contribution in [3.05, 3.63) is 81.9 Å². The quantitative estimate of drug-likeness (QED) is 0.377. The standard InChI is InChI=1S/C33H43N5O3S/c1-23(39)36-15-17-37(18-16-36)30(41)26-10-8-9-24(19-26)21-38(33(5,6)7)22-28-20-34-31(42-28)35-29(40)25-11-13-27(14-12-25)32(2,3)4/h8-14,19-20H,15-18,21-22H2,1-7H3,(H,34,35,40). The number of carbonyl (C=O) groups excluding carboxylic acids is 3. The number of piperazine rings is 1. The van der Waals surface area contributed by atoms with Crippen molar-refractivity contribution in [2.45, 2.75) is 72.5 Å². The Kier molecular flexibility index (Phi) is 9.53. The highest BCUT2D eigenvalue weighted by atomic mass is 32.1. The van der Waals surface area contributed by atoms with E-state index in [2.05, 4.69) is 56.7 Å². The molecule has 42 heavy (non-hydrogen) atoms. The van der Waals surface area contributed by atoms with Crippen molar-refractivity contribution in [1.29, 1.82) is 0 Å². The van der Waals surface area contributed by atoms with Gasteiger partial charge in [-0.3, -0.25) is 24.6 Å². The molecule has 0 bridgehead atoms. The number of nitrogens with one attached hydrogen (secondary N) is 1. The lowest BCUT2D eigenvalue weighted by molar-refractivity contribution is -0.130. The Morgan fingerprint density at radius 2 is 1.52 bits per heavy atom. The van der Waals surface area contributed by atoms with E-state index in [4.69, 9.17) is 0 Å². The third-order valence-electron chi connectivity index (χ3n) is 7.64. The molecule has 1 fully saturated rings. The molecule has 1 aromatic heterocycles. The summed E-state index contributed by atoms with van der Waals surface area (Å²) < 4.78 is 0. The fourth-order valence-corrected chi connectivity index (χ4v) is 5.70. The second-order valence-electron chi connectivity index (χ2n) is 12.9. The lowest BCUT2D eigenvalue weighted by Gasteiger charge is -2.36. The number of carbonyl (C=O) groups is 3. The van der Waals surface area contributed by atoms with Crippen LogP contribution in [0.15, 0.2) is 54.7 Å². The summed E-state index contributed by atoms with van der Waals surface area (Å²) in [4.78, 5) is 49.2. The number of benzene rings is 2. The molecule has 3 aromatic rings. The van der Waals surface area contributed by atoms with Crippen molar-refractivity contribution in [1.82, 2.24) is 19.7 Å². The van der Waals surface area contributed by atoms with E-state index < -0.39 is 0 Å². The predicted octanol–water partition coefficient (Wildman–Crippen LogP) is 5.80. The SMILES string of the molecule is CC(=O)N1CCN(C(=O)c2cccc(CN(Cc3cnc(NC(=O)c4ccc(C(C)(C)C)cc4)s3)C(C)(C)C)c2)CC1. The molecule has 1 N–H and O–H groups in total. The van der Waals surface area contributed by atoms with Crippen LogP contribution in [0.2, 0.25) is 0 Å². The van der Waals surface area contributed by atoms with Crippen LogP contribution in [0.5, 0.6) is 0 Å². The van der Waals surface area contributed by atoms with Gasteiger partial charge < -0.3 is 9.80 Å². The van der Waals surface area contributed by atoms with E-state index in [1.165, 1.54) is 16.9 Å². The van der Waals surface area contributed by atoms with Crippen LogP contribution in [0, 0.1) is 0 Å². The van der Waals surface area contributed by atoms with Gasteiger partial charge in [0.2, 0.25) is 5.91 Å². The van der Waals surface area contributed by atoms with Gasteiger partial charge in [0.25, 0.3) is 11.8 Å². The van der Waals surface area contributed by atoms with Gasteiger partial charge in [0.1, 0.15) is 0 Å². The maximum Gasteiger partial charge on any atom is 0.257 e. The van der Waals surface area contributed by atoms with Gasteiger partial charge in [-0.2, -0.15) is 0 Å². The lowest BCUT2D eigenvalue weighted by atomic mass is 9.87. The Hall–Kier alpha value is -3.56. The highest BCUT2D eigenvalue weighted by Gasteiger charge is 2.26. The minimum absolute atomic E-state index is 0.00162. The molecular formula is C33H43N5O3S. The third kappa shape index (κ3) is 8.04. The summed E-state index contributed by atoms with van der Waals surface area (Å²) in [6, 6.07) is 15.5. The van der Waals surface area contributed by atoms with E-state index >= 15 is 0 Å². The van der Waals surface area contributed by atoms with Crippen LogP contribution in [0.3, 0.4) is 0 Å². The van der Waals surface area contributed by atoms with E-state index in [0.29, 0.717) is 55.5 Å². The maximum absolute atomic E-state index is 13.2. The smallest absolute Gasteiger partial charge is 0.257 e. The van der Waals surface area contributed by atoms with Crippen molar-refractivity contribution in [2.75, 3.05) is 31.5 Å². The second kappa shape index (κ2) is 12.8. The van der Waals surface area contributed by atoms with Gasteiger partial charge in [-0.15, -0.1) is 11.3 Å².